The molecule has 1 atom stereocenters. The van der Waals surface area contributed by atoms with Gasteiger partial charge in [-0.05, 0) is 12.0 Å². The lowest BCUT2D eigenvalue weighted by atomic mass is 10.0. The highest BCUT2D eigenvalue weighted by molar-refractivity contribution is 5.80. The van der Waals surface area contributed by atoms with Crippen LogP contribution in [0.25, 0.3) is 0 Å². The molecule has 1 N–H and O–H groups in total. The van der Waals surface area contributed by atoms with Gasteiger partial charge in [0.2, 0.25) is 0 Å². The number of benzene rings is 1. The van der Waals surface area contributed by atoms with Crippen LogP contribution < -0.4 is 5.43 Å². The highest BCUT2D eigenvalue weighted by atomic mass is 16.5. The van der Waals surface area contributed by atoms with Crippen LogP contribution in [0.2, 0.25) is 0 Å². The van der Waals surface area contributed by atoms with Gasteiger partial charge in [-0.25, -0.2) is 5.01 Å². The first-order valence-electron chi connectivity index (χ1n) is 6.36. The zero-order chi connectivity index (χ0) is 13.5. The first-order chi connectivity index (χ1) is 9.29. The molecule has 19 heavy (non-hydrogen) atoms. The molecule has 1 saturated heterocycles. The molecule has 0 saturated carbocycles. The highest BCUT2D eigenvalue weighted by Gasteiger charge is 2.21. The largest absolute Gasteiger partial charge is 0.379 e. The molecular formula is C14H17N3O2. The molecule has 1 aliphatic heterocycles. The van der Waals surface area contributed by atoms with Crippen molar-refractivity contribution in [2.75, 3.05) is 26.3 Å². The summed E-state index contributed by atoms with van der Waals surface area (Å²) < 4.78 is 5.21. The summed E-state index contributed by atoms with van der Waals surface area (Å²) in [7, 11) is 0. The van der Waals surface area contributed by atoms with Crippen molar-refractivity contribution in [3.8, 4) is 6.07 Å². The lowest BCUT2D eigenvalue weighted by Crippen LogP contribution is -2.50. The Hall–Kier alpha value is -1.90. The Morgan fingerprint density at radius 3 is 2.68 bits per heavy atom. The molecule has 0 aromatic heterocycles. The first kappa shape index (κ1) is 13.5. The summed E-state index contributed by atoms with van der Waals surface area (Å²) in [5.74, 6) is -0.904. The quantitative estimate of drug-likeness (QED) is 0.866. The molecule has 5 nitrogen and oxygen atoms in total. The molecule has 1 fully saturated rings. The lowest BCUT2D eigenvalue weighted by Gasteiger charge is -2.27. The van der Waals surface area contributed by atoms with E-state index in [1.165, 1.54) is 0 Å². The second-order valence-electron chi connectivity index (χ2n) is 4.45. The average Bonchev–Trinajstić information content (AvgIpc) is 2.47. The van der Waals surface area contributed by atoms with Crippen LogP contribution in [-0.4, -0.2) is 37.2 Å². The van der Waals surface area contributed by atoms with E-state index in [1.54, 1.807) is 5.01 Å². The fourth-order valence-electron chi connectivity index (χ4n) is 1.96. The maximum Gasteiger partial charge on any atom is 0.251 e. The van der Waals surface area contributed by atoms with Crippen LogP contribution in [-0.2, 0) is 16.0 Å². The van der Waals surface area contributed by atoms with E-state index in [0.29, 0.717) is 32.7 Å². The first-order valence-corrected chi connectivity index (χ1v) is 6.36. The Bertz CT molecular complexity index is 450. The Labute approximate surface area is 112 Å². The van der Waals surface area contributed by atoms with E-state index in [0.717, 1.165) is 5.56 Å². The number of ether oxygens (including phenoxy) is 1. The summed E-state index contributed by atoms with van der Waals surface area (Å²) >= 11 is 0. The van der Waals surface area contributed by atoms with E-state index in [9.17, 15) is 4.79 Å². The molecule has 0 bridgehead atoms. The van der Waals surface area contributed by atoms with Gasteiger partial charge < -0.3 is 4.74 Å². The summed E-state index contributed by atoms with van der Waals surface area (Å²) in [5.41, 5.74) is 3.77. The molecule has 1 aromatic rings. The number of nitrogens with one attached hydrogen (secondary N) is 1. The van der Waals surface area contributed by atoms with Crippen molar-refractivity contribution in [3.63, 3.8) is 0 Å². The van der Waals surface area contributed by atoms with E-state index in [2.05, 4.69) is 11.5 Å². The lowest BCUT2D eigenvalue weighted by molar-refractivity contribution is -0.130. The fourth-order valence-corrected chi connectivity index (χ4v) is 1.96. The van der Waals surface area contributed by atoms with Crippen molar-refractivity contribution in [2.45, 2.75) is 6.42 Å². The summed E-state index contributed by atoms with van der Waals surface area (Å²) in [5, 5.41) is 10.9. The van der Waals surface area contributed by atoms with E-state index in [4.69, 9.17) is 10.00 Å². The second-order valence-corrected chi connectivity index (χ2v) is 4.45. The molecule has 0 aliphatic carbocycles. The molecule has 1 aromatic carbocycles. The smallest absolute Gasteiger partial charge is 0.251 e. The molecular weight excluding hydrogens is 242 g/mol. The minimum Gasteiger partial charge on any atom is -0.379 e. The Kier molecular flexibility index (Phi) is 4.90. The van der Waals surface area contributed by atoms with Gasteiger partial charge in [0.25, 0.3) is 5.91 Å². The van der Waals surface area contributed by atoms with Crippen LogP contribution in [0.3, 0.4) is 0 Å². The van der Waals surface area contributed by atoms with Gasteiger partial charge in [-0.3, -0.25) is 10.2 Å². The van der Waals surface area contributed by atoms with Gasteiger partial charge in [-0.2, -0.15) is 5.26 Å². The van der Waals surface area contributed by atoms with Crippen molar-refractivity contribution in [1.82, 2.24) is 10.4 Å². The number of rotatable bonds is 4. The molecule has 5 heteroatoms. The zero-order valence-corrected chi connectivity index (χ0v) is 10.7. The SMILES string of the molecule is N#CC(Cc1ccccc1)C(=O)NN1CCOCC1. The number of hydrogen-bond acceptors (Lipinski definition) is 4. The van der Waals surface area contributed by atoms with E-state index in [-0.39, 0.29) is 5.91 Å². The van der Waals surface area contributed by atoms with Gasteiger partial charge >= 0.3 is 0 Å². The highest BCUT2D eigenvalue weighted by Crippen LogP contribution is 2.08. The van der Waals surface area contributed by atoms with Crippen molar-refractivity contribution in [3.05, 3.63) is 35.9 Å². The predicted molar refractivity (Wildman–Crippen MR) is 69.8 cm³/mol. The number of nitrogens with zero attached hydrogens (tertiary/aromatic N) is 2. The number of hydrogen-bond donors (Lipinski definition) is 1. The molecule has 0 radical (unpaired) electrons. The van der Waals surface area contributed by atoms with Gasteiger partial charge in [0.1, 0.15) is 5.92 Å². The Morgan fingerprint density at radius 1 is 1.37 bits per heavy atom. The fraction of sp³-hybridized carbons (Fsp3) is 0.429. The predicted octanol–water partition coefficient (Wildman–Crippen LogP) is 0.732. The third-order valence-electron chi connectivity index (χ3n) is 3.03. The summed E-state index contributed by atoms with van der Waals surface area (Å²) in [4.78, 5) is 12.0. The van der Waals surface area contributed by atoms with E-state index in [1.807, 2.05) is 30.3 Å². The number of carbonyl (C=O) groups is 1. The number of morpholine rings is 1. The monoisotopic (exact) mass is 259 g/mol. The third-order valence-corrected chi connectivity index (χ3v) is 3.03. The van der Waals surface area contributed by atoms with Crippen LogP contribution in [0.1, 0.15) is 5.56 Å². The Morgan fingerprint density at radius 2 is 2.05 bits per heavy atom. The summed E-state index contributed by atoms with van der Waals surface area (Å²) in [6, 6.07) is 11.6. The molecule has 1 heterocycles. The normalized spacial score (nSPS) is 17.4. The topological polar surface area (TPSA) is 65.4 Å². The number of amides is 1. The average molecular weight is 259 g/mol. The van der Waals surface area contributed by atoms with E-state index >= 15 is 0 Å². The molecule has 0 spiro atoms. The minimum absolute atomic E-state index is 0.242. The van der Waals surface area contributed by atoms with Gasteiger partial charge in [0.05, 0.1) is 19.3 Å². The van der Waals surface area contributed by atoms with Crippen LogP contribution in [0.4, 0.5) is 0 Å². The molecule has 1 amide bonds. The molecule has 100 valence electrons. The van der Waals surface area contributed by atoms with Crippen LogP contribution in [0.5, 0.6) is 0 Å². The van der Waals surface area contributed by atoms with Crippen molar-refractivity contribution in [1.29, 1.82) is 5.26 Å². The maximum atomic E-state index is 12.0. The van der Waals surface area contributed by atoms with Gasteiger partial charge in [-0.15, -0.1) is 0 Å². The van der Waals surface area contributed by atoms with Crippen molar-refractivity contribution < 1.29 is 9.53 Å². The summed E-state index contributed by atoms with van der Waals surface area (Å²) in [6.07, 6.45) is 0.438. The van der Waals surface area contributed by atoms with Gasteiger partial charge in [0.15, 0.2) is 0 Å². The number of nitriles is 1. The molecule has 1 aliphatic rings. The van der Waals surface area contributed by atoms with Crippen LogP contribution >= 0.6 is 0 Å². The number of carbonyl (C=O) groups excluding carboxylic acids is 1. The number of hydrazine groups is 1. The third kappa shape index (κ3) is 4.05. The standard InChI is InChI=1S/C14H17N3O2/c15-11-13(10-12-4-2-1-3-5-12)14(18)16-17-6-8-19-9-7-17/h1-5,13H,6-10H2,(H,16,18). The van der Waals surface area contributed by atoms with Gasteiger partial charge in [0, 0.05) is 13.1 Å². The van der Waals surface area contributed by atoms with Crippen molar-refractivity contribution >= 4 is 5.91 Å². The van der Waals surface area contributed by atoms with Crippen molar-refractivity contribution in [2.24, 2.45) is 5.92 Å². The van der Waals surface area contributed by atoms with Gasteiger partial charge in [-0.1, -0.05) is 30.3 Å². The van der Waals surface area contributed by atoms with E-state index < -0.39 is 5.92 Å². The maximum absolute atomic E-state index is 12.0. The molecule has 1 unspecified atom stereocenters. The summed E-state index contributed by atoms with van der Waals surface area (Å²) in [6.45, 7) is 2.54. The Balaban J connectivity index is 1.90. The zero-order valence-electron chi connectivity index (χ0n) is 10.7. The van der Waals surface area contributed by atoms with Crippen LogP contribution in [0.15, 0.2) is 30.3 Å². The second kappa shape index (κ2) is 6.88. The van der Waals surface area contributed by atoms with Crippen LogP contribution in [0, 0.1) is 17.2 Å². The minimum atomic E-state index is -0.662. The molecule has 2 rings (SSSR count).